The number of rotatable bonds is 2. The second-order valence-electron chi connectivity index (χ2n) is 3.13. The molecule has 0 aliphatic carbocycles. The molecular formula is C10H10Cl2O2. The van der Waals surface area contributed by atoms with Gasteiger partial charge in [-0.25, -0.2) is 0 Å². The van der Waals surface area contributed by atoms with Crippen molar-refractivity contribution in [1.82, 2.24) is 0 Å². The van der Waals surface area contributed by atoms with E-state index in [1.54, 1.807) is 32.0 Å². The summed E-state index contributed by atoms with van der Waals surface area (Å²) in [6, 6.07) is 4.93. The molecule has 0 radical (unpaired) electrons. The Hall–Kier alpha value is -0.730. The van der Waals surface area contributed by atoms with Gasteiger partial charge in [-0.15, -0.1) is 0 Å². The number of hydrogen-bond acceptors (Lipinski definition) is 2. The molecule has 0 aliphatic rings. The molecule has 1 aromatic carbocycles. The SMILES string of the molecule is CC(C)C(=O)Oc1c(Cl)cccc1Cl. The van der Waals surface area contributed by atoms with Crippen LogP contribution in [0.3, 0.4) is 0 Å². The first-order valence-corrected chi connectivity index (χ1v) is 4.93. The molecule has 1 aromatic rings. The molecule has 0 atom stereocenters. The molecule has 4 heteroatoms. The van der Waals surface area contributed by atoms with Gasteiger partial charge in [0, 0.05) is 0 Å². The van der Waals surface area contributed by atoms with Crippen LogP contribution in [-0.2, 0) is 4.79 Å². The highest BCUT2D eigenvalue weighted by Gasteiger charge is 2.14. The second kappa shape index (κ2) is 4.67. The Morgan fingerprint density at radius 2 is 1.79 bits per heavy atom. The summed E-state index contributed by atoms with van der Waals surface area (Å²) < 4.78 is 5.03. The van der Waals surface area contributed by atoms with Crippen molar-refractivity contribution in [3.8, 4) is 5.75 Å². The molecule has 0 fully saturated rings. The molecule has 0 N–H and O–H groups in total. The van der Waals surface area contributed by atoms with Crippen LogP contribution < -0.4 is 4.74 Å². The van der Waals surface area contributed by atoms with Crippen LogP contribution in [0, 0.1) is 5.92 Å². The monoisotopic (exact) mass is 232 g/mol. The third kappa shape index (κ3) is 2.63. The van der Waals surface area contributed by atoms with Crippen molar-refractivity contribution in [3.63, 3.8) is 0 Å². The van der Waals surface area contributed by atoms with Gasteiger partial charge in [-0.3, -0.25) is 4.79 Å². The highest BCUT2D eigenvalue weighted by Crippen LogP contribution is 2.32. The smallest absolute Gasteiger partial charge is 0.313 e. The average molecular weight is 233 g/mol. The maximum atomic E-state index is 11.3. The molecule has 2 nitrogen and oxygen atoms in total. The van der Waals surface area contributed by atoms with Crippen LogP contribution >= 0.6 is 23.2 Å². The van der Waals surface area contributed by atoms with E-state index < -0.39 is 0 Å². The number of carbonyl (C=O) groups is 1. The van der Waals surface area contributed by atoms with Crippen molar-refractivity contribution in [2.24, 2.45) is 5.92 Å². The van der Waals surface area contributed by atoms with Gasteiger partial charge < -0.3 is 4.74 Å². The van der Waals surface area contributed by atoms with Crippen LogP contribution in [0.1, 0.15) is 13.8 Å². The van der Waals surface area contributed by atoms with E-state index in [1.165, 1.54) is 0 Å². The van der Waals surface area contributed by atoms with Crippen molar-refractivity contribution in [1.29, 1.82) is 0 Å². The van der Waals surface area contributed by atoms with Gasteiger partial charge in [0.25, 0.3) is 0 Å². The summed E-state index contributed by atoms with van der Waals surface area (Å²) in [6.45, 7) is 3.49. The van der Waals surface area contributed by atoms with Gasteiger partial charge in [-0.1, -0.05) is 43.1 Å². The zero-order valence-electron chi connectivity index (χ0n) is 7.88. The normalized spacial score (nSPS) is 10.4. The third-order valence-electron chi connectivity index (χ3n) is 1.59. The van der Waals surface area contributed by atoms with E-state index in [9.17, 15) is 4.79 Å². The fourth-order valence-electron chi connectivity index (χ4n) is 0.798. The number of para-hydroxylation sites is 1. The number of ether oxygens (including phenoxy) is 1. The van der Waals surface area contributed by atoms with Gasteiger partial charge in [0.15, 0.2) is 5.75 Å². The first kappa shape index (κ1) is 11.3. The maximum Gasteiger partial charge on any atom is 0.313 e. The minimum Gasteiger partial charge on any atom is -0.423 e. The first-order valence-electron chi connectivity index (χ1n) is 4.18. The molecule has 76 valence electrons. The van der Waals surface area contributed by atoms with E-state index in [4.69, 9.17) is 27.9 Å². The molecular weight excluding hydrogens is 223 g/mol. The van der Waals surface area contributed by atoms with Crippen molar-refractivity contribution in [3.05, 3.63) is 28.2 Å². The van der Waals surface area contributed by atoms with E-state index in [-0.39, 0.29) is 17.6 Å². The van der Waals surface area contributed by atoms with Crippen LogP contribution in [0.4, 0.5) is 0 Å². The zero-order chi connectivity index (χ0) is 10.7. The quantitative estimate of drug-likeness (QED) is 0.576. The lowest BCUT2D eigenvalue weighted by atomic mass is 10.2. The summed E-state index contributed by atoms with van der Waals surface area (Å²) in [4.78, 5) is 11.3. The topological polar surface area (TPSA) is 26.3 Å². The van der Waals surface area contributed by atoms with Crippen molar-refractivity contribution in [2.75, 3.05) is 0 Å². The van der Waals surface area contributed by atoms with Crippen LogP contribution in [0.25, 0.3) is 0 Å². The predicted molar refractivity (Wildman–Crippen MR) is 56.9 cm³/mol. The van der Waals surface area contributed by atoms with Crippen molar-refractivity contribution >= 4 is 29.2 Å². The Bertz CT molecular complexity index is 328. The Morgan fingerprint density at radius 1 is 1.29 bits per heavy atom. The zero-order valence-corrected chi connectivity index (χ0v) is 9.39. The molecule has 0 heterocycles. The van der Waals surface area contributed by atoms with Gasteiger partial charge in [0.2, 0.25) is 0 Å². The maximum absolute atomic E-state index is 11.3. The highest BCUT2D eigenvalue weighted by atomic mass is 35.5. The lowest BCUT2D eigenvalue weighted by Crippen LogP contribution is -2.15. The lowest BCUT2D eigenvalue weighted by molar-refractivity contribution is -0.137. The number of esters is 1. The van der Waals surface area contributed by atoms with Crippen molar-refractivity contribution < 1.29 is 9.53 Å². The second-order valence-corrected chi connectivity index (χ2v) is 3.94. The Kier molecular flexibility index (Phi) is 3.78. The molecule has 0 spiro atoms. The Morgan fingerprint density at radius 3 is 2.21 bits per heavy atom. The molecule has 0 unspecified atom stereocenters. The fraction of sp³-hybridized carbons (Fsp3) is 0.300. The van der Waals surface area contributed by atoms with Crippen molar-refractivity contribution in [2.45, 2.75) is 13.8 Å². The van der Waals surface area contributed by atoms with E-state index >= 15 is 0 Å². The summed E-state index contributed by atoms with van der Waals surface area (Å²) >= 11 is 11.6. The lowest BCUT2D eigenvalue weighted by Gasteiger charge is -2.09. The molecule has 0 saturated carbocycles. The molecule has 14 heavy (non-hydrogen) atoms. The molecule has 1 rings (SSSR count). The predicted octanol–water partition coefficient (Wildman–Crippen LogP) is 3.55. The number of benzene rings is 1. The first-order chi connectivity index (χ1) is 6.52. The summed E-state index contributed by atoms with van der Waals surface area (Å²) in [7, 11) is 0. The van der Waals surface area contributed by atoms with Crippen LogP contribution in [-0.4, -0.2) is 5.97 Å². The summed E-state index contributed by atoms with van der Waals surface area (Å²) in [5.41, 5.74) is 0. The van der Waals surface area contributed by atoms with Gasteiger partial charge in [-0.2, -0.15) is 0 Å². The molecule has 0 aliphatic heterocycles. The van der Waals surface area contributed by atoms with E-state index in [2.05, 4.69) is 0 Å². The number of halogens is 2. The average Bonchev–Trinajstić information content (AvgIpc) is 2.11. The van der Waals surface area contributed by atoms with Gasteiger partial charge in [0.1, 0.15) is 0 Å². The molecule has 0 amide bonds. The van der Waals surface area contributed by atoms with E-state index in [0.29, 0.717) is 10.0 Å². The molecule has 0 bridgehead atoms. The minimum atomic E-state index is -0.347. The standard InChI is InChI=1S/C10H10Cl2O2/c1-6(2)10(13)14-9-7(11)4-3-5-8(9)12/h3-6H,1-2H3. The highest BCUT2D eigenvalue weighted by molar-refractivity contribution is 6.37. The Balaban J connectivity index is 2.91. The van der Waals surface area contributed by atoms with E-state index in [1.807, 2.05) is 0 Å². The Labute approximate surface area is 92.8 Å². The van der Waals surface area contributed by atoms with Gasteiger partial charge >= 0.3 is 5.97 Å². The fourth-order valence-corrected chi connectivity index (χ4v) is 1.27. The van der Waals surface area contributed by atoms with Gasteiger partial charge in [0.05, 0.1) is 16.0 Å². The van der Waals surface area contributed by atoms with Crippen LogP contribution in [0.15, 0.2) is 18.2 Å². The van der Waals surface area contributed by atoms with Crippen LogP contribution in [0.5, 0.6) is 5.75 Å². The molecule has 0 saturated heterocycles. The third-order valence-corrected chi connectivity index (χ3v) is 2.19. The number of carbonyl (C=O) groups excluding carboxylic acids is 1. The summed E-state index contributed by atoms with van der Waals surface area (Å²) in [5.74, 6) is -0.322. The summed E-state index contributed by atoms with van der Waals surface area (Å²) in [6.07, 6.45) is 0. The molecule has 0 aromatic heterocycles. The minimum absolute atomic E-state index is 0.206. The van der Waals surface area contributed by atoms with E-state index in [0.717, 1.165) is 0 Å². The van der Waals surface area contributed by atoms with Crippen LogP contribution in [0.2, 0.25) is 10.0 Å². The largest absolute Gasteiger partial charge is 0.423 e. The number of hydrogen-bond donors (Lipinski definition) is 0. The summed E-state index contributed by atoms with van der Waals surface area (Å²) in [5, 5.41) is 0.679. The van der Waals surface area contributed by atoms with Gasteiger partial charge in [-0.05, 0) is 12.1 Å².